The Bertz CT molecular complexity index is 6620. The van der Waals surface area contributed by atoms with Crippen LogP contribution in [0.1, 0.15) is 109 Å². The normalized spacial score (nSPS) is 10.8. The molecule has 0 saturated carbocycles. The van der Waals surface area contributed by atoms with Gasteiger partial charge < -0.3 is 41.7 Å². The van der Waals surface area contributed by atoms with Gasteiger partial charge in [0.05, 0.1) is 110 Å². The highest BCUT2D eigenvalue weighted by atomic mass is 16.3. The summed E-state index contributed by atoms with van der Waals surface area (Å²) >= 11 is 0. The van der Waals surface area contributed by atoms with Crippen molar-refractivity contribution in [1.82, 2.24) is 39.9 Å². The summed E-state index contributed by atoms with van der Waals surface area (Å²) in [4.78, 5) is 88.6. The van der Waals surface area contributed by atoms with Gasteiger partial charge in [0.1, 0.15) is 0 Å². The molecule has 676 valence electrons. The minimum Gasteiger partial charge on any atom is -0.392 e. The van der Waals surface area contributed by atoms with Crippen LogP contribution >= 0.6 is 0 Å². The summed E-state index contributed by atoms with van der Waals surface area (Å²) in [6.07, 6.45) is 16.2. The van der Waals surface area contributed by atoms with E-state index >= 15 is 0 Å². The predicted octanol–water partition coefficient (Wildman–Crippen LogP) is 20.7. The van der Waals surface area contributed by atoms with Crippen LogP contribution in [0.3, 0.4) is 0 Å². The van der Waals surface area contributed by atoms with E-state index in [0.29, 0.717) is 68.2 Å². The zero-order valence-electron chi connectivity index (χ0n) is 75.2. The Balaban J connectivity index is 0.000000144. The maximum absolute atomic E-state index is 13.0. The third-order valence-electron chi connectivity index (χ3n) is 22.7. The van der Waals surface area contributed by atoms with Crippen molar-refractivity contribution < 1.29 is 39.6 Å². The van der Waals surface area contributed by atoms with Gasteiger partial charge in [0, 0.05) is 35.1 Å². The minimum absolute atomic E-state index is 0.000663. The number of anilines is 4. The zero-order chi connectivity index (χ0) is 93.4. The lowest BCUT2D eigenvalue weighted by Gasteiger charge is -2.12. The van der Waals surface area contributed by atoms with Gasteiger partial charge in [-0.2, -0.15) is 0 Å². The molecule has 4 heterocycles. The number of carbonyl (C=O) groups is 4. The Morgan fingerprint density at radius 3 is 0.763 bits per heavy atom. The van der Waals surface area contributed by atoms with Gasteiger partial charge in [-0.15, -0.1) is 0 Å². The molecule has 0 saturated heterocycles. The van der Waals surface area contributed by atoms with Crippen molar-refractivity contribution in [2.24, 2.45) is 0 Å². The molecule has 135 heavy (non-hydrogen) atoms. The van der Waals surface area contributed by atoms with E-state index in [2.05, 4.69) is 120 Å². The predicted molar refractivity (Wildman–Crippen MR) is 535 cm³/mol. The molecule has 0 aliphatic heterocycles. The maximum atomic E-state index is 13.0. The first-order chi connectivity index (χ1) is 66.3. The molecule has 0 radical (unpaired) electrons. The summed E-state index contributed by atoms with van der Waals surface area (Å²) in [6, 6.07) is 115. The second-order valence-electron chi connectivity index (χ2n) is 32.6. The number of carbonyl (C=O) groups excluding carboxylic acids is 4. The minimum atomic E-state index is -0.124. The third kappa shape index (κ3) is 29.8. The summed E-state index contributed by atoms with van der Waals surface area (Å²) < 4.78 is 0. The number of aliphatic hydroxyl groups is 4. The van der Waals surface area contributed by atoms with E-state index in [1.807, 2.05) is 273 Å². The second kappa shape index (κ2) is 50.5. The molecule has 8 N–H and O–H groups in total. The Morgan fingerprint density at radius 1 is 0.215 bits per heavy atom. The monoisotopic (exact) mass is 1780 g/mol. The summed E-state index contributed by atoms with van der Waals surface area (Å²) in [5.41, 5.74) is 22.1. The molecule has 0 unspecified atom stereocenters. The van der Waals surface area contributed by atoms with Crippen molar-refractivity contribution in [3.63, 3.8) is 0 Å². The number of rotatable bonds is 35. The fourth-order valence-electron chi connectivity index (χ4n) is 15.2. The number of fused-ring (bicyclic) bond motifs is 1. The van der Waals surface area contributed by atoms with E-state index in [-0.39, 0.29) is 62.9 Å². The van der Waals surface area contributed by atoms with Crippen molar-refractivity contribution in [1.29, 1.82) is 0 Å². The van der Waals surface area contributed by atoms with E-state index in [4.69, 9.17) is 19.9 Å². The van der Waals surface area contributed by atoms with E-state index < -0.39 is 0 Å². The van der Waals surface area contributed by atoms with Gasteiger partial charge in [-0.25, -0.2) is 39.9 Å². The number of hydrogen-bond donors (Lipinski definition) is 8. The van der Waals surface area contributed by atoms with Gasteiger partial charge in [-0.1, -0.05) is 352 Å². The van der Waals surface area contributed by atoms with E-state index in [1.165, 1.54) is 27.8 Å². The molecule has 17 aromatic rings. The Labute approximate surface area is 787 Å². The van der Waals surface area contributed by atoms with Crippen LogP contribution in [0.15, 0.2) is 377 Å². The van der Waals surface area contributed by atoms with Crippen LogP contribution in [0.5, 0.6) is 0 Å². The van der Waals surface area contributed by atoms with Gasteiger partial charge in [0.2, 0.25) is 23.6 Å². The highest BCUT2D eigenvalue weighted by Crippen LogP contribution is 2.29. The van der Waals surface area contributed by atoms with Crippen LogP contribution in [0.4, 0.5) is 23.3 Å². The zero-order valence-corrected chi connectivity index (χ0v) is 75.2. The molecule has 0 aliphatic rings. The molecular formula is C115H108N12O8. The number of benzene rings is 13. The molecule has 0 aliphatic carbocycles. The smallest absolute Gasteiger partial charge is 0.229 e. The Kier molecular flexibility index (Phi) is 35.7. The number of aliphatic hydroxyl groups excluding tert-OH is 4. The molecule has 20 nitrogen and oxygen atoms in total. The van der Waals surface area contributed by atoms with E-state index in [1.54, 1.807) is 24.8 Å². The molecule has 4 amide bonds. The van der Waals surface area contributed by atoms with Crippen molar-refractivity contribution >= 4 is 57.7 Å². The lowest BCUT2D eigenvalue weighted by atomic mass is 10.0. The first-order valence-electron chi connectivity index (χ1n) is 45.5. The van der Waals surface area contributed by atoms with Crippen LogP contribution in [0.2, 0.25) is 0 Å². The molecule has 0 spiro atoms. The Morgan fingerprint density at radius 2 is 0.459 bits per heavy atom. The fourth-order valence-corrected chi connectivity index (χ4v) is 15.2. The Hall–Kier alpha value is -15.8. The third-order valence-corrected chi connectivity index (χ3v) is 22.7. The molecule has 0 fully saturated rings. The van der Waals surface area contributed by atoms with Crippen LogP contribution in [0.25, 0.3) is 55.8 Å². The lowest BCUT2D eigenvalue weighted by molar-refractivity contribution is -0.117. The second-order valence-corrected chi connectivity index (χ2v) is 32.6. The molecule has 0 atom stereocenters. The number of hydrogen-bond acceptors (Lipinski definition) is 16. The maximum Gasteiger partial charge on any atom is 0.229 e. The van der Waals surface area contributed by atoms with Gasteiger partial charge in [0.15, 0.2) is 23.3 Å². The molecule has 0 bridgehead atoms. The summed E-state index contributed by atoms with van der Waals surface area (Å²) in [5.74, 6) is 1.66. The fraction of sp³-hybridized carbons (Fsp3) is 0.165. The van der Waals surface area contributed by atoms with E-state index in [0.717, 1.165) is 156 Å². The molecule has 13 aromatic carbocycles. The first-order valence-corrected chi connectivity index (χ1v) is 45.5. The molecule has 17 rings (SSSR count). The highest BCUT2D eigenvalue weighted by Gasteiger charge is 2.20. The van der Waals surface area contributed by atoms with Gasteiger partial charge in [-0.3, -0.25) is 19.2 Å². The van der Waals surface area contributed by atoms with Crippen LogP contribution in [0, 0.1) is 0 Å². The number of amides is 4. The SMILES string of the molecule is O=C(CCCc1ccccc1)Nc1ncc(-c2ccc(CO)cc2)nc1CCc1ccccc1.O=C(CCc1ccccc1)Nc1ncc(-c2ccc(CO)cc2)nc1CCc1ccccc1.O=C(Cc1ccc2ccccc2c1)Nc1ncc(-c2ccc(CO)cc2)nc1CCc1ccccc1.O=C(Cc1ccccc1)Nc1ncc(-c2ccc(CO)cc2)nc1CCc1ccccc1. The standard InChI is InChI=1S/C31H27N3O2.C29H29N3O2.C28H27N3O2.C27H25N3O2/c35-21-23-10-15-26(16-11-23)29-20-32-31(28(33-29)17-13-22-6-2-1-3-7-22)34-30(36)19-24-12-14-25-8-4-5-9-27(25)18-24;33-21-24-14-17-25(18-15-24)27-20-30-29(26(31-27)19-16-23-10-5-2-6-11-23)32-28(34)13-7-12-22-8-3-1-4-9-22;32-20-23-11-15-24(16-12-23)26-19-29-28(25(30-26)17-13-21-7-3-1-4-8-21)31-27(33)18-14-22-9-5-2-6-10-22;31-19-22-11-14-23(15-12-22)25-18-28-27(30-26(32)17-21-9-5-2-6-10-21)24(29-25)16-13-20-7-3-1-4-8-20/h1-12,14-16,18,20,35H,13,17,19,21H2,(H,32,34,36);1-6,8-11,14-15,17-18,20,33H,7,12-13,16,19,21H2,(H,30,32,34);1-12,15-16,19,32H,13-14,17-18,20H2,(H,29,31,33);1-12,14-15,18,31H,13,16-17,19H2,(H,28,30,32). The average Bonchev–Trinajstić information content (AvgIpc) is 0.834. The molecular weight excluding hydrogens is 1680 g/mol. The van der Waals surface area contributed by atoms with E-state index in [9.17, 15) is 39.6 Å². The summed E-state index contributed by atoms with van der Waals surface area (Å²) in [6.45, 7) is 0.00287. The summed E-state index contributed by atoms with van der Waals surface area (Å²) in [7, 11) is 0. The number of aromatic nitrogens is 8. The van der Waals surface area contributed by atoms with Gasteiger partial charge in [0.25, 0.3) is 0 Å². The van der Waals surface area contributed by atoms with Crippen LogP contribution < -0.4 is 21.3 Å². The topological polar surface area (TPSA) is 300 Å². The van der Waals surface area contributed by atoms with Crippen molar-refractivity contribution in [2.75, 3.05) is 21.3 Å². The molecule has 4 aromatic heterocycles. The average molecular weight is 1790 g/mol. The van der Waals surface area contributed by atoms with Gasteiger partial charge in [-0.05, 0) is 148 Å². The lowest BCUT2D eigenvalue weighted by Crippen LogP contribution is -2.18. The van der Waals surface area contributed by atoms with Crippen molar-refractivity contribution in [2.45, 2.75) is 123 Å². The largest absolute Gasteiger partial charge is 0.392 e. The van der Waals surface area contributed by atoms with Crippen molar-refractivity contribution in [3.05, 3.63) is 466 Å². The first kappa shape index (κ1) is 95.3. The van der Waals surface area contributed by atoms with Gasteiger partial charge >= 0.3 is 0 Å². The number of aryl methyl sites for hydroxylation is 10. The quantitative estimate of drug-likeness (QED) is 0.0183. The number of nitrogens with one attached hydrogen (secondary N) is 4. The highest BCUT2D eigenvalue weighted by molar-refractivity contribution is 5.94. The van der Waals surface area contributed by atoms with Crippen LogP contribution in [-0.4, -0.2) is 83.9 Å². The number of nitrogens with zero attached hydrogens (tertiary/aromatic N) is 8. The molecule has 20 heteroatoms. The summed E-state index contributed by atoms with van der Waals surface area (Å²) in [5, 5.41) is 51.4. The van der Waals surface area contributed by atoms with Crippen LogP contribution in [-0.2, 0) is 123 Å². The van der Waals surface area contributed by atoms with Crippen molar-refractivity contribution in [3.8, 4) is 45.0 Å².